The predicted octanol–water partition coefficient (Wildman–Crippen LogP) is 5.62. The van der Waals surface area contributed by atoms with Gasteiger partial charge in [-0.05, 0) is 53.9 Å². The van der Waals surface area contributed by atoms with Gasteiger partial charge in [0.1, 0.15) is 11.6 Å². The molecule has 6 heteroatoms. The zero-order valence-corrected chi connectivity index (χ0v) is 14.9. The van der Waals surface area contributed by atoms with E-state index in [9.17, 15) is 13.2 Å². The van der Waals surface area contributed by atoms with Crippen molar-refractivity contribution in [2.24, 2.45) is 0 Å². The lowest BCUT2D eigenvalue weighted by Gasteiger charge is -2.22. The Morgan fingerprint density at radius 1 is 0.963 bits per heavy atom. The molecule has 0 spiro atoms. The van der Waals surface area contributed by atoms with Crippen molar-refractivity contribution in [3.63, 3.8) is 0 Å². The fourth-order valence-corrected chi connectivity index (χ4v) is 2.82. The summed E-state index contributed by atoms with van der Waals surface area (Å²) in [6.07, 6.45) is -2.76. The van der Waals surface area contributed by atoms with Gasteiger partial charge in [0.15, 0.2) is 0 Å². The Morgan fingerprint density at radius 3 is 2.33 bits per heavy atom. The van der Waals surface area contributed by atoms with Gasteiger partial charge in [-0.3, -0.25) is 0 Å². The zero-order valence-electron chi connectivity index (χ0n) is 14.9. The topological polar surface area (TPSA) is 34.1 Å². The Hall–Kier alpha value is -3.02. The Balaban J connectivity index is 2.05. The van der Waals surface area contributed by atoms with E-state index in [-0.39, 0.29) is 0 Å². The summed E-state index contributed by atoms with van der Waals surface area (Å²) >= 11 is 0. The van der Waals surface area contributed by atoms with E-state index < -0.39 is 17.8 Å². The lowest BCUT2D eigenvalue weighted by atomic mass is 9.96. The second-order valence-corrected chi connectivity index (χ2v) is 6.14. The van der Waals surface area contributed by atoms with Crippen LogP contribution in [0.2, 0.25) is 0 Å². The molecule has 0 aliphatic rings. The third-order valence-electron chi connectivity index (χ3n) is 4.29. The molecule has 2 aromatic carbocycles. The molecule has 0 fully saturated rings. The summed E-state index contributed by atoms with van der Waals surface area (Å²) in [4.78, 5) is 4.32. The van der Waals surface area contributed by atoms with Crippen molar-refractivity contribution in [2.45, 2.75) is 19.1 Å². The van der Waals surface area contributed by atoms with Gasteiger partial charge in [-0.15, -0.1) is 0 Å². The van der Waals surface area contributed by atoms with Crippen molar-refractivity contribution >= 4 is 5.82 Å². The van der Waals surface area contributed by atoms with Gasteiger partial charge in [0.2, 0.25) is 0 Å². The minimum absolute atomic E-state index is 0.494. The van der Waals surface area contributed by atoms with Crippen LogP contribution in [0.4, 0.5) is 19.0 Å². The Morgan fingerprint density at radius 2 is 1.70 bits per heavy atom. The second kappa shape index (κ2) is 7.70. The molecule has 3 aromatic rings. The molecular formula is C21H19F3N2O. The number of alkyl halides is 3. The molecule has 0 bridgehead atoms. The van der Waals surface area contributed by atoms with E-state index >= 15 is 0 Å². The van der Waals surface area contributed by atoms with Crippen molar-refractivity contribution in [1.82, 2.24) is 4.98 Å². The molecule has 0 aliphatic heterocycles. The van der Waals surface area contributed by atoms with Gasteiger partial charge in [-0.25, -0.2) is 4.98 Å². The first-order valence-corrected chi connectivity index (χ1v) is 8.38. The second-order valence-electron chi connectivity index (χ2n) is 6.14. The fraction of sp³-hybridized carbons (Fsp3) is 0.190. The molecule has 3 rings (SSSR count). The maximum Gasteiger partial charge on any atom is 0.416 e. The summed E-state index contributed by atoms with van der Waals surface area (Å²) in [5, 5.41) is 3.28. The summed E-state index contributed by atoms with van der Waals surface area (Å²) in [6, 6.07) is 15.8. The molecule has 0 saturated heterocycles. The number of ether oxygens (including phenoxy) is 1. The van der Waals surface area contributed by atoms with Crippen LogP contribution in [0.1, 0.15) is 28.3 Å². The number of aromatic nitrogens is 1. The third kappa shape index (κ3) is 4.39. The SMILES string of the molecule is COc1ccc(C(Nc2ncccc2C)c2cccc(C(F)(F)F)c2)cc1. The van der Waals surface area contributed by atoms with Crippen molar-refractivity contribution in [2.75, 3.05) is 12.4 Å². The highest BCUT2D eigenvalue weighted by Crippen LogP contribution is 2.34. The van der Waals surface area contributed by atoms with Crippen LogP contribution in [0.3, 0.4) is 0 Å². The standard InChI is InChI=1S/C21H19F3N2O/c1-14-5-4-12-25-20(14)26-19(15-8-10-18(27-2)11-9-15)16-6-3-7-17(13-16)21(22,23)24/h3-13,19H,1-2H3,(H,25,26). The van der Waals surface area contributed by atoms with Gasteiger partial charge in [0, 0.05) is 6.20 Å². The normalized spacial score (nSPS) is 12.5. The van der Waals surface area contributed by atoms with Crippen molar-refractivity contribution < 1.29 is 17.9 Å². The van der Waals surface area contributed by atoms with Crippen molar-refractivity contribution in [3.8, 4) is 5.75 Å². The highest BCUT2D eigenvalue weighted by molar-refractivity contribution is 5.50. The van der Waals surface area contributed by atoms with Gasteiger partial charge < -0.3 is 10.1 Å². The first-order valence-electron chi connectivity index (χ1n) is 8.38. The van der Waals surface area contributed by atoms with Crippen LogP contribution in [0, 0.1) is 6.92 Å². The minimum atomic E-state index is -4.40. The molecule has 1 aromatic heterocycles. The lowest BCUT2D eigenvalue weighted by molar-refractivity contribution is -0.137. The molecule has 1 atom stereocenters. The maximum absolute atomic E-state index is 13.2. The average molecular weight is 372 g/mol. The monoisotopic (exact) mass is 372 g/mol. The first kappa shape index (κ1) is 18.8. The molecule has 27 heavy (non-hydrogen) atoms. The molecule has 0 amide bonds. The molecule has 1 N–H and O–H groups in total. The third-order valence-corrected chi connectivity index (χ3v) is 4.29. The molecule has 1 unspecified atom stereocenters. The molecule has 3 nitrogen and oxygen atoms in total. The highest BCUT2D eigenvalue weighted by atomic mass is 19.4. The number of rotatable bonds is 5. The number of nitrogens with one attached hydrogen (secondary N) is 1. The van der Waals surface area contributed by atoms with Crippen LogP contribution < -0.4 is 10.1 Å². The van der Waals surface area contributed by atoms with Gasteiger partial charge in [0.25, 0.3) is 0 Å². The van der Waals surface area contributed by atoms with Gasteiger partial charge in [-0.1, -0.05) is 30.3 Å². The number of aryl methyl sites for hydroxylation is 1. The molecule has 0 aliphatic carbocycles. The van der Waals surface area contributed by atoms with E-state index in [1.807, 2.05) is 31.2 Å². The van der Waals surface area contributed by atoms with E-state index in [0.717, 1.165) is 17.2 Å². The van der Waals surface area contributed by atoms with E-state index in [4.69, 9.17) is 4.74 Å². The molecule has 0 radical (unpaired) electrons. The molecular weight excluding hydrogens is 353 g/mol. The van der Waals surface area contributed by atoms with Crippen LogP contribution >= 0.6 is 0 Å². The summed E-state index contributed by atoms with van der Waals surface area (Å²) in [5.74, 6) is 1.30. The summed E-state index contributed by atoms with van der Waals surface area (Å²) in [7, 11) is 1.56. The fourth-order valence-electron chi connectivity index (χ4n) is 2.82. The number of methoxy groups -OCH3 is 1. The van der Waals surface area contributed by atoms with E-state index in [2.05, 4.69) is 10.3 Å². The van der Waals surface area contributed by atoms with Crippen LogP contribution in [0.25, 0.3) is 0 Å². The smallest absolute Gasteiger partial charge is 0.416 e. The molecule has 1 heterocycles. The number of hydrogen-bond donors (Lipinski definition) is 1. The number of nitrogens with zero attached hydrogens (tertiary/aromatic N) is 1. The Bertz CT molecular complexity index is 908. The van der Waals surface area contributed by atoms with E-state index in [1.165, 1.54) is 12.1 Å². The first-order chi connectivity index (χ1) is 12.9. The van der Waals surface area contributed by atoms with Crippen molar-refractivity contribution in [3.05, 3.63) is 89.1 Å². The molecule has 0 saturated carbocycles. The van der Waals surface area contributed by atoms with Crippen LogP contribution in [0.5, 0.6) is 5.75 Å². The van der Waals surface area contributed by atoms with Gasteiger partial charge >= 0.3 is 6.18 Å². The number of pyridine rings is 1. The quantitative estimate of drug-likeness (QED) is 0.631. The van der Waals surface area contributed by atoms with Gasteiger partial charge in [-0.2, -0.15) is 13.2 Å². The average Bonchev–Trinajstić information content (AvgIpc) is 2.67. The Labute approximate surface area is 155 Å². The number of anilines is 1. The van der Waals surface area contributed by atoms with Crippen LogP contribution in [0.15, 0.2) is 66.9 Å². The van der Waals surface area contributed by atoms with Crippen LogP contribution in [-0.2, 0) is 6.18 Å². The predicted molar refractivity (Wildman–Crippen MR) is 98.9 cm³/mol. The van der Waals surface area contributed by atoms with Gasteiger partial charge in [0.05, 0.1) is 18.7 Å². The Kier molecular flexibility index (Phi) is 5.35. The number of halogens is 3. The summed E-state index contributed by atoms with van der Waals surface area (Å²) < 4.78 is 44.7. The lowest BCUT2D eigenvalue weighted by Crippen LogP contribution is -2.15. The number of benzene rings is 2. The largest absolute Gasteiger partial charge is 0.497 e. The molecule has 140 valence electrons. The van der Waals surface area contributed by atoms with Crippen LogP contribution in [-0.4, -0.2) is 12.1 Å². The minimum Gasteiger partial charge on any atom is -0.497 e. The zero-order chi connectivity index (χ0) is 19.4. The van der Waals surface area contributed by atoms with E-state index in [0.29, 0.717) is 17.1 Å². The summed E-state index contributed by atoms with van der Waals surface area (Å²) in [6.45, 7) is 1.90. The maximum atomic E-state index is 13.2. The van der Waals surface area contributed by atoms with E-state index in [1.54, 1.807) is 31.5 Å². The summed E-state index contributed by atoms with van der Waals surface area (Å²) in [5.41, 5.74) is 1.53. The highest BCUT2D eigenvalue weighted by Gasteiger charge is 2.31. The number of hydrogen-bond acceptors (Lipinski definition) is 3. The van der Waals surface area contributed by atoms with Crippen molar-refractivity contribution in [1.29, 1.82) is 0 Å².